The largest absolute Gasteiger partial charge is 0.367 e. The number of nitrogens with one attached hydrogen (secondary N) is 1. The van der Waals surface area contributed by atoms with Gasteiger partial charge >= 0.3 is 0 Å². The van der Waals surface area contributed by atoms with Crippen LogP contribution in [0.5, 0.6) is 0 Å². The summed E-state index contributed by atoms with van der Waals surface area (Å²) in [5.74, 6) is -0.000822. The number of hydrogen-bond donors (Lipinski definition) is 1. The molecule has 1 saturated carbocycles. The molecule has 0 aromatic heterocycles. The van der Waals surface area contributed by atoms with Crippen LogP contribution < -0.4 is 10.2 Å². The second-order valence-corrected chi connectivity index (χ2v) is 10.8. The Balaban J connectivity index is 1.33. The molecule has 1 heterocycles. The Morgan fingerprint density at radius 3 is 2.17 bits per heavy atom. The zero-order valence-corrected chi connectivity index (χ0v) is 23.4. The first-order valence-corrected chi connectivity index (χ1v) is 14.3. The van der Waals surface area contributed by atoms with Crippen molar-refractivity contribution in [2.45, 2.75) is 38.6 Å². The molecule has 2 fully saturated rings. The molecule has 1 atom stereocenters. The number of piperazine rings is 1. The predicted molar refractivity (Wildman–Crippen MR) is 158 cm³/mol. The van der Waals surface area contributed by atoms with Crippen molar-refractivity contribution in [2.24, 2.45) is 5.92 Å². The molecule has 7 nitrogen and oxygen atoms in total. The van der Waals surface area contributed by atoms with Crippen LogP contribution in [0.1, 0.15) is 53.6 Å². The maximum Gasteiger partial charge on any atom is 0.256 e. The van der Waals surface area contributed by atoms with Crippen molar-refractivity contribution in [1.82, 2.24) is 9.80 Å². The fourth-order valence-corrected chi connectivity index (χ4v) is 5.41. The van der Waals surface area contributed by atoms with E-state index in [0.717, 1.165) is 36.1 Å². The Morgan fingerprint density at radius 2 is 1.55 bits per heavy atom. The van der Waals surface area contributed by atoms with E-state index in [1.807, 2.05) is 77.7 Å². The molecule has 0 spiro atoms. The molecule has 7 heteroatoms. The summed E-state index contributed by atoms with van der Waals surface area (Å²) in [7, 11) is 1.81. The Morgan fingerprint density at radius 1 is 0.900 bits per heavy atom. The van der Waals surface area contributed by atoms with Gasteiger partial charge in [-0.2, -0.15) is 0 Å². The third-order valence-corrected chi connectivity index (χ3v) is 7.89. The topological polar surface area (TPSA) is 73.0 Å². The van der Waals surface area contributed by atoms with Crippen LogP contribution in [-0.4, -0.2) is 60.7 Å². The molecule has 3 aromatic carbocycles. The molecule has 5 rings (SSSR count). The molecule has 2 aliphatic rings. The summed E-state index contributed by atoms with van der Waals surface area (Å²) in [4.78, 5) is 45.5. The Hall–Kier alpha value is -4.13. The predicted octanol–water partition coefficient (Wildman–Crippen LogP) is 5.15. The summed E-state index contributed by atoms with van der Waals surface area (Å²) in [6.45, 7) is 4.99. The lowest BCUT2D eigenvalue weighted by Gasteiger charge is -2.38. The highest BCUT2D eigenvalue weighted by Gasteiger charge is 2.31. The zero-order valence-electron chi connectivity index (χ0n) is 23.4. The molecule has 1 aliphatic carbocycles. The molecule has 208 valence electrons. The number of carbonyl (C=O) groups is 3. The summed E-state index contributed by atoms with van der Waals surface area (Å²) in [6, 6.07) is 25.5. The van der Waals surface area contributed by atoms with Crippen LogP contribution in [0.2, 0.25) is 0 Å². The summed E-state index contributed by atoms with van der Waals surface area (Å²) in [5, 5.41) is 2.99. The van der Waals surface area contributed by atoms with Gasteiger partial charge in [-0.1, -0.05) is 67.6 Å². The third-order valence-electron chi connectivity index (χ3n) is 7.89. The molecular formula is C33H38N4O3. The lowest BCUT2D eigenvalue weighted by Crippen LogP contribution is -2.50. The van der Waals surface area contributed by atoms with E-state index in [0.29, 0.717) is 44.0 Å². The minimum Gasteiger partial charge on any atom is -0.367 e. The van der Waals surface area contributed by atoms with Crippen LogP contribution in [0.15, 0.2) is 78.9 Å². The lowest BCUT2D eigenvalue weighted by molar-refractivity contribution is -0.133. The minimum atomic E-state index is -0.147. The van der Waals surface area contributed by atoms with Crippen molar-refractivity contribution in [3.63, 3.8) is 0 Å². The molecule has 40 heavy (non-hydrogen) atoms. The van der Waals surface area contributed by atoms with Gasteiger partial charge in [0.05, 0.1) is 11.5 Å². The number of anilines is 2. The number of hydrogen-bond acceptors (Lipinski definition) is 4. The first-order chi connectivity index (χ1) is 19.4. The Labute approximate surface area is 236 Å². The van der Waals surface area contributed by atoms with Crippen molar-refractivity contribution in [1.29, 1.82) is 0 Å². The van der Waals surface area contributed by atoms with Crippen molar-refractivity contribution in [3.8, 4) is 0 Å². The van der Waals surface area contributed by atoms with Crippen molar-refractivity contribution in [3.05, 3.63) is 95.6 Å². The third kappa shape index (κ3) is 6.36. The molecule has 0 bridgehead atoms. The fraction of sp³-hybridized carbons (Fsp3) is 0.364. The number of rotatable bonds is 9. The zero-order chi connectivity index (χ0) is 28.1. The quantitative estimate of drug-likeness (QED) is 0.409. The van der Waals surface area contributed by atoms with E-state index in [9.17, 15) is 14.4 Å². The van der Waals surface area contributed by atoms with Crippen LogP contribution in [0.3, 0.4) is 0 Å². The van der Waals surface area contributed by atoms with E-state index in [4.69, 9.17) is 0 Å². The molecule has 3 amide bonds. The molecule has 0 unspecified atom stereocenters. The highest BCUT2D eigenvalue weighted by atomic mass is 16.2. The molecular weight excluding hydrogens is 500 g/mol. The smallest absolute Gasteiger partial charge is 0.256 e. The van der Waals surface area contributed by atoms with Gasteiger partial charge in [-0.15, -0.1) is 0 Å². The molecule has 1 N–H and O–H groups in total. The maximum absolute atomic E-state index is 13.8. The number of nitrogens with zero attached hydrogens (tertiary/aromatic N) is 3. The van der Waals surface area contributed by atoms with Crippen LogP contribution in [0.4, 0.5) is 11.4 Å². The normalized spacial score (nSPS) is 15.8. The van der Waals surface area contributed by atoms with Gasteiger partial charge in [-0.3, -0.25) is 14.4 Å². The van der Waals surface area contributed by atoms with E-state index < -0.39 is 0 Å². The standard InChI is InChI=1S/C33H38N4O3/c1-3-28(25-12-8-5-9-13-25)33(40)37-20-18-36(19-21-37)30-17-16-27(34-31(38)26-14-15-26)22-29(30)32(39)35(2)23-24-10-6-4-7-11-24/h4-13,16-17,22,26,28H,3,14-15,18-21,23H2,1-2H3,(H,34,38)/t28-/m0/s1. The highest BCUT2D eigenvalue weighted by Crippen LogP contribution is 2.32. The van der Waals surface area contributed by atoms with E-state index in [1.54, 1.807) is 18.0 Å². The van der Waals surface area contributed by atoms with Crippen LogP contribution >= 0.6 is 0 Å². The van der Waals surface area contributed by atoms with Gasteiger partial charge in [0.1, 0.15) is 0 Å². The molecule has 0 radical (unpaired) electrons. The number of benzene rings is 3. The van der Waals surface area contributed by atoms with E-state index in [1.165, 1.54) is 0 Å². The van der Waals surface area contributed by atoms with E-state index in [2.05, 4.69) is 17.1 Å². The van der Waals surface area contributed by atoms with Gasteiger partial charge in [0, 0.05) is 57.1 Å². The summed E-state index contributed by atoms with van der Waals surface area (Å²) in [5.41, 5.74) is 4.13. The average molecular weight is 539 g/mol. The number of carbonyl (C=O) groups excluding carboxylic acids is 3. The first-order valence-electron chi connectivity index (χ1n) is 14.3. The van der Waals surface area contributed by atoms with Crippen LogP contribution in [0.25, 0.3) is 0 Å². The minimum absolute atomic E-state index is 0.0137. The second kappa shape index (κ2) is 12.4. The number of amides is 3. The van der Waals surface area contributed by atoms with Crippen LogP contribution in [0, 0.1) is 5.92 Å². The molecule has 1 saturated heterocycles. The molecule has 1 aliphatic heterocycles. The fourth-order valence-electron chi connectivity index (χ4n) is 5.41. The van der Waals surface area contributed by atoms with Gasteiger partial charge in [0.25, 0.3) is 5.91 Å². The Bertz CT molecular complexity index is 1330. The average Bonchev–Trinajstić information content (AvgIpc) is 3.84. The van der Waals surface area contributed by atoms with Gasteiger partial charge in [0.15, 0.2) is 0 Å². The van der Waals surface area contributed by atoms with Gasteiger partial charge in [-0.05, 0) is 48.6 Å². The van der Waals surface area contributed by atoms with Crippen molar-refractivity contribution in [2.75, 3.05) is 43.4 Å². The van der Waals surface area contributed by atoms with Gasteiger partial charge in [-0.25, -0.2) is 0 Å². The summed E-state index contributed by atoms with van der Waals surface area (Å²) in [6.07, 6.45) is 2.59. The maximum atomic E-state index is 13.8. The first kappa shape index (κ1) is 27.4. The SMILES string of the molecule is CC[C@H](C(=O)N1CCN(c2ccc(NC(=O)C3CC3)cc2C(=O)N(C)Cc2ccccc2)CC1)c1ccccc1. The summed E-state index contributed by atoms with van der Waals surface area (Å²) < 4.78 is 0. The Kier molecular flexibility index (Phi) is 8.48. The van der Waals surface area contributed by atoms with Crippen molar-refractivity contribution >= 4 is 29.1 Å². The molecule has 3 aromatic rings. The van der Waals surface area contributed by atoms with Gasteiger partial charge in [0.2, 0.25) is 11.8 Å². The van der Waals surface area contributed by atoms with Crippen LogP contribution in [-0.2, 0) is 16.1 Å². The van der Waals surface area contributed by atoms with E-state index in [-0.39, 0.29) is 29.6 Å². The monoisotopic (exact) mass is 538 g/mol. The van der Waals surface area contributed by atoms with Crippen molar-refractivity contribution < 1.29 is 14.4 Å². The lowest BCUT2D eigenvalue weighted by atomic mass is 9.94. The van der Waals surface area contributed by atoms with Gasteiger partial charge < -0.3 is 20.0 Å². The second-order valence-electron chi connectivity index (χ2n) is 10.8. The highest BCUT2D eigenvalue weighted by molar-refractivity contribution is 6.02. The van der Waals surface area contributed by atoms with E-state index >= 15 is 0 Å². The summed E-state index contributed by atoms with van der Waals surface area (Å²) >= 11 is 0.